The Morgan fingerprint density at radius 1 is 1.12 bits per heavy atom. The predicted octanol–water partition coefficient (Wildman–Crippen LogP) is 2.79. The standard InChI is InChI=1S/C13H13NOS/c1-10-6-7-12(9-14-10)11-4-3-5-13(8-11)16(2)15/h3-9H,1-2H3. The summed E-state index contributed by atoms with van der Waals surface area (Å²) in [5.74, 6) is 0. The molecule has 0 bridgehead atoms. The molecule has 16 heavy (non-hydrogen) atoms. The van der Waals surface area contributed by atoms with Crippen LogP contribution in [0.25, 0.3) is 11.1 Å². The number of nitrogens with zero attached hydrogens (tertiary/aromatic N) is 1. The molecule has 0 saturated heterocycles. The van der Waals surface area contributed by atoms with E-state index in [1.165, 1.54) is 0 Å². The molecule has 0 amide bonds. The fraction of sp³-hybridized carbons (Fsp3) is 0.154. The Balaban J connectivity index is 2.44. The third-order valence-electron chi connectivity index (χ3n) is 2.41. The molecule has 0 N–H and O–H groups in total. The molecule has 1 aromatic carbocycles. The zero-order valence-corrected chi connectivity index (χ0v) is 10.1. The third kappa shape index (κ3) is 2.36. The van der Waals surface area contributed by atoms with Gasteiger partial charge in [0.2, 0.25) is 0 Å². The molecule has 0 aliphatic heterocycles. The molecule has 0 saturated carbocycles. The van der Waals surface area contributed by atoms with Gasteiger partial charge in [-0.2, -0.15) is 0 Å². The van der Waals surface area contributed by atoms with Gasteiger partial charge in [-0.25, -0.2) is 0 Å². The van der Waals surface area contributed by atoms with Crippen molar-refractivity contribution in [2.75, 3.05) is 6.26 Å². The first kappa shape index (κ1) is 11.0. The number of aromatic nitrogens is 1. The molecule has 0 aliphatic carbocycles. The van der Waals surface area contributed by atoms with Crippen molar-refractivity contribution in [2.24, 2.45) is 0 Å². The lowest BCUT2D eigenvalue weighted by molar-refractivity contribution is 0.687. The van der Waals surface area contributed by atoms with Crippen LogP contribution < -0.4 is 0 Å². The number of hydrogen-bond acceptors (Lipinski definition) is 2. The van der Waals surface area contributed by atoms with Crippen LogP contribution in [0.4, 0.5) is 0 Å². The van der Waals surface area contributed by atoms with Crippen molar-refractivity contribution in [1.29, 1.82) is 0 Å². The highest BCUT2D eigenvalue weighted by molar-refractivity contribution is 7.84. The maximum absolute atomic E-state index is 11.4. The van der Waals surface area contributed by atoms with Crippen LogP contribution >= 0.6 is 0 Å². The highest BCUT2D eigenvalue weighted by atomic mass is 32.2. The van der Waals surface area contributed by atoms with Gasteiger partial charge < -0.3 is 0 Å². The summed E-state index contributed by atoms with van der Waals surface area (Å²) in [6, 6.07) is 11.8. The smallest absolute Gasteiger partial charge is 0.0498 e. The summed E-state index contributed by atoms with van der Waals surface area (Å²) in [6.45, 7) is 1.96. The Morgan fingerprint density at radius 3 is 2.56 bits per heavy atom. The Hall–Kier alpha value is -1.48. The van der Waals surface area contributed by atoms with E-state index in [0.29, 0.717) is 0 Å². The summed E-state index contributed by atoms with van der Waals surface area (Å²) >= 11 is 0. The average molecular weight is 231 g/mol. The van der Waals surface area contributed by atoms with Crippen LogP contribution in [0.3, 0.4) is 0 Å². The predicted molar refractivity (Wildman–Crippen MR) is 66.7 cm³/mol. The first-order valence-corrected chi connectivity index (χ1v) is 6.59. The minimum atomic E-state index is -0.938. The first-order valence-electron chi connectivity index (χ1n) is 5.03. The first-order chi connectivity index (χ1) is 7.66. The highest BCUT2D eigenvalue weighted by Gasteiger charge is 2.01. The summed E-state index contributed by atoms with van der Waals surface area (Å²) < 4.78 is 11.4. The summed E-state index contributed by atoms with van der Waals surface area (Å²) in [4.78, 5) is 5.10. The van der Waals surface area contributed by atoms with Crippen LogP contribution in [0.1, 0.15) is 5.69 Å². The minimum Gasteiger partial charge on any atom is -0.261 e. The highest BCUT2D eigenvalue weighted by Crippen LogP contribution is 2.20. The van der Waals surface area contributed by atoms with E-state index in [0.717, 1.165) is 21.7 Å². The summed E-state index contributed by atoms with van der Waals surface area (Å²) in [6.07, 6.45) is 3.53. The molecule has 0 radical (unpaired) electrons. The summed E-state index contributed by atoms with van der Waals surface area (Å²) in [7, 11) is -0.938. The Morgan fingerprint density at radius 2 is 1.94 bits per heavy atom. The normalized spacial score (nSPS) is 12.4. The number of benzene rings is 1. The van der Waals surface area contributed by atoms with Gasteiger partial charge in [0, 0.05) is 39.4 Å². The molecule has 1 unspecified atom stereocenters. The lowest BCUT2D eigenvalue weighted by Crippen LogP contribution is -1.88. The second kappa shape index (κ2) is 4.58. The van der Waals surface area contributed by atoms with E-state index in [2.05, 4.69) is 4.98 Å². The van der Waals surface area contributed by atoms with E-state index in [1.54, 1.807) is 6.26 Å². The summed E-state index contributed by atoms with van der Waals surface area (Å²) in [5, 5.41) is 0. The van der Waals surface area contributed by atoms with Crippen LogP contribution in [0.15, 0.2) is 47.5 Å². The van der Waals surface area contributed by atoms with Crippen LogP contribution in [0.2, 0.25) is 0 Å². The number of aryl methyl sites for hydroxylation is 1. The van der Waals surface area contributed by atoms with Gasteiger partial charge in [0.15, 0.2) is 0 Å². The van der Waals surface area contributed by atoms with Gasteiger partial charge in [-0.05, 0) is 30.7 Å². The molecule has 0 aliphatic rings. The Bertz CT molecular complexity index is 520. The average Bonchev–Trinajstić information content (AvgIpc) is 2.30. The molecule has 2 nitrogen and oxygen atoms in total. The molecular formula is C13H13NOS. The Kier molecular flexibility index (Phi) is 3.15. The van der Waals surface area contributed by atoms with Crippen molar-refractivity contribution in [3.05, 3.63) is 48.3 Å². The number of hydrogen-bond donors (Lipinski definition) is 0. The molecule has 0 fully saturated rings. The quantitative estimate of drug-likeness (QED) is 0.795. The molecule has 82 valence electrons. The van der Waals surface area contributed by atoms with Gasteiger partial charge in [-0.3, -0.25) is 9.19 Å². The van der Waals surface area contributed by atoms with Gasteiger partial charge >= 0.3 is 0 Å². The molecule has 1 aromatic heterocycles. The van der Waals surface area contributed by atoms with E-state index < -0.39 is 10.8 Å². The second-order valence-corrected chi connectivity index (χ2v) is 5.05. The van der Waals surface area contributed by atoms with Gasteiger partial charge in [-0.1, -0.05) is 18.2 Å². The van der Waals surface area contributed by atoms with E-state index >= 15 is 0 Å². The molecule has 2 rings (SSSR count). The van der Waals surface area contributed by atoms with E-state index in [9.17, 15) is 4.21 Å². The number of rotatable bonds is 2. The van der Waals surface area contributed by atoms with Crippen LogP contribution in [0, 0.1) is 6.92 Å². The molecule has 0 spiro atoms. The fourth-order valence-corrected chi connectivity index (χ4v) is 2.06. The van der Waals surface area contributed by atoms with Crippen LogP contribution in [-0.4, -0.2) is 15.4 Å². The van der Waals surface area contributed by atoms with Crippen molar-refractivity contribution < 1.29 is 4.21 Å². The minimum absolute atomic E-state index is 0.845. The van der Waals surface area contributed by atoms with Crippen molar-refractivity contribution in [1.82, 2.24) is 4.98 Å². The molecule has 3 heteroatoms. The van der Waals surface area contributed by atoms with Crippen LogP contribution in [-0.2, 0) is 10.8 Å². The van der Waals surface area contributed by atoms with E-state index in [-0.39, 0.29) is 0 Å². The SMILES string of the molecule is Cc1ccc(-c2cccc(S(C)=O)c2)cn1. The Labute approximate surface area is 97.8 Å². The van der Waals surface area contributed by atoms with Gasteiger partial charge in [0.1, 0.15) is 0 Å². The topological polar surface area (TPSA) is 30.0 Å². The van der Waals surface area contributed by atoms with Crippen molar-refractivity contribution in [3.63, 3.8) is 0 Å². The van der Waals surface area contributed by atoms with E-state index in [1.807, 2.05) is 49.5 Å². The van der Waals surface area contributed by atoms with Crippen molar-refractivity contribution in [3.8, 4) is 11.1 Å². The summed E-state index contributed by atoms with van der Waals surface area (Å²) in [5.41, 5.74) is 3.11. The molecule has 2 aromatic rings. The lowest BCUT2D eigenvalue weighted by atomic mass is 10.1. The fourth-order valence-electron chi connectivity index (χ4n) is 1.49. The zero-order chi connectivity index (χ0) is 11.5. The van der Waals surface area contributed by atoms with Crippen molar-refractivity contribution >= 4 is 10.8 Å². The zero-order valence-electron chi connectivity index (χ0n) is 9.31. The molecule has 1 atom stereocenters. The second-order valence-electron chi connectivity index (χ2n) is 3.67. The van der Waals surface area contributed by atoms with Crippen LogP contribution in [0.5, 0.6) is 0 Å². The number of pyridine rings is 1. The largest absolute Gasteiger partial charge is 0.261 e. The maximum Gasteiger partial charge on any atom is 0.0498 e. The monoisotopic (exact) mass is 231 g/mol. The third-order valence-corrected chi connectivity index (χ3v) is 3.33. The van der Waals surface area contributed by atoms with Gasteiger partial charge in [0.25, 0.3) is 0 Å². The van der Waals surface area contributed by atoms with Gasteiger partial charge in [0.05, 0.1) is 0 Å². The van der Waals surface area contributed by atoms with Gasteiger partial charge in [-0.15, -0.1) is 0 Å². The van der Waals surface area contributed by atoms with E-state index in [4.69, 9.17) is 0 Å². The van der Waals surface area contributed by atoms with Crippen molar-refractivity contribution in [2.45, 2.75) is 11.8 Å². The lowest BCUT2D eigenvalue weighted by Gasteiger charge is -2.03. The molecule has 1 heterocycles. The maximum atomic E-state index is 11.4. The molecular weight excluding hydrogens is 218 g/mol.